The fourth-order valence-electron chi connectivity index (χ4n) is 3.16. The lowest BCUT2D eigenvalue weighted by atomic mass is 9.63. The third-order valence-corrected chi connectivity index (χ3v) is 10.4. The fourth-order valence-corrected chi connectivity index (χ4v) is 4.27. The van der Waals surface area contributed by atoms with Crippen molar-refractivity contribution in [3.63, 3.8) is 0 Å². The Balaban J connectivity index is 2.27. The Morgan fingerprint density at radius 2 is 1.74 bits per heavy atom. The summed E-state index contributed by atoms with van der Waals surface area (Å²) in [6, 6.07) is 0. The van der Waals surface area contributed by atoms with Gasteiger partial charge in [-0.05, 0) is 44.5 Å². The second-order valence-electron chi connectivity index (χ2n) is 9.07. The van der Waals surface area contributed by atoms with Crippen LogP contribution in [0, 0.1) is 5.41 Å². The Morgan fingerprint density at radius 3 is 2.13 bits per heavy atom. The molecule has 0 aromatic rings. The Bertz CT molecular complexity index is 504. The minimum absolute atomic E-state index is 0.00536. The van der Waals surface area contributed by atoms with Crippen LogP contribution in [-0.2, 0) is 18.6 Å². The van der Waals surface area contributed by atoms with Crippen molar-refractivity contribution >= 4 is 8.32 Å². The van der Waals surface area contributed by atoms with Crippen molar-refractivity contribution < 1.29 is 18.6 Å². The van der Waals surface area contributed by atoms with E-state index in [2.05, 4.69) is 47.7 Å². The molecule has 134 valence electrons. The van der Waals surface area contributed by atoms with Gasteiger partial charge in [0.25, 0.3) is 0 Å². The van der Waals surface area contributed by atoms with Gasteiger partial charge in [-0.2, -0.15) is 0 Å². The van der Waals surface area contributed by atoms with Gasteiger partial charge in [-0.3, -0.25) is 0 Å². The van der Waals surface area contributed by atoms with E-state index in [9.17, 15) is 0 Å². The van der Waals surface area contributed by atoms with Crippen molar-refractivity contribution in [3.05, 3.63) is 11.3 Å². The molecular formula is C18H34O4Si. The highest BCUT2D eigenvalue weighted by Gasteiger charge is 2.60. The Labute approximate surface area is 142 Å². The summed E-state index contributed by atoms with van der Waals surface area (Å²) in [4.78, 5) is 0. The van der Waals surface area contributed by atoms with Crippen LogP contribution in [0.2, 0.25) is 18.1 Å². The Hall–Kier alpha value is -0.363. The highest BCUT2D eigenvalue weighted by Crippen LogP contribution is 2.55. The Kier molecular flexibility index (Phi) is 4.60. The molecule has 1 saturated heterocycles. The zero-order valence-corrected chi connectivity index (χ0v) is 17.5. The second kappa shape index (κ2) is 5.58. The van der Waals surface area contributed by atoms with E-state index >= 15 is 0 Å². The van der Waals surface area contributed by atoms with Gasteiger partial charge in [-0.1, -0.05) is 27.7 Å². The molecule has 23 heavy (non-hydrogen) atoms. The van der Waals surface area contributed by atoms with Crippen LogP contribution in [0.25, 0.3) is 0 Å². The minimum Gasteiger partial charge on any atom is -0.545 e. The lowest BCUT2D eigenvalue weighted by Gasteiger charge is -2.53. The molecule has 0 bridgehead atoms. The van der Waals surface area contributed by atoms with E-state index in [1.54, 1.807) is 7.11 Å². The quantitative estimate of drug-likeness (QED) is 0.706. The van der Waals surface area contributed by atoms with Crippen molar-refractivity contribution in [2.75, 3.05) is 13.7 Å². The zero-order chi connectivity index (χ0) is 17.8. The van der Waals surface area contributed by atoms with Gasteiger partial charge in [0.2, 0.25) is 8.32 Å². The molecular weight excluding hydrogens is 308 g/mol. The SMILES string of the molecule is COC1C(O[Si](C)(C)C(C)(C)C)=C(C)C1(C)C1COC(C)(C)O1. The predicted molar refractivity (Wildman–Crippen MR) is 94.8 cm³/mol. The lowest BCUT2D eigenvalue weighted by molar-refractivity contribution is -0.167. The topological polar surface area (TPSA) is 36.9 Å². The molecule has 1 fully saturated rings. The Morgan fingerprint density at radius 1 is 1.17 bits per heavy atom. The third kappa shape index (κ3) is 3.01. The molecule has 3 unspecified atom stereocenters. The molecule has 0 amide bonds. The van der Waals surface area contributed by atoms with Crippen LogP contribution in [0.3, 0.4) is 0 Å². The summed E-state index contributed by atoms with van der Waals surface area (Å²) in [6.07, 6.45) is -0.0756. The molecule has 2 aliphatic rings. The largest absolute Gasteiger partial charge is 0.545 e. The average Bonchev–Trinajstić information content (AvgIpc) is 2.76. The van der Waals surface area contributed by atoms with Crippen molar-refractivity contribution in [2.24, 2.45) is 5.41 Å². The lowest BCUT2D eigenvalue weighted by Crippen LogP contribution is -2.57. The summed E-state index contributed by atoms with van der Waals surface area (Å²) in [6.45, 7) is 20.2. The van der Waals surface area contributed by atoms with Gasteiger partial charge < -0.3 is 18.6 Å². The molecule has 0 N–H and O–H groups in total. The average molecular weight is 343 g/mol. The first-order valence-corrected chi connectivity index (χ1v) is 11.4. The van der Waals surface area contributed by atoms with Crippen LogP contribution in [-0.4, -0.2) is 40.0 Å². The molecule has 5 heteroatoms. The molecule has 1 aliphatic heterocycles. The summed E-state index contributed by atoms with van der Waals surface area (Å²) in [5.41, 5.74) is 1.04. The summed E-state index contributed by atoms with van der Waals surface area (Å²) < 4.78 is 24.3. The van der Waals surface area contributed by atoms with Crippen molar-refractivity contribution in [3.8, 4) is 0 Å². The molecule has 0 aromatic heterocycles. The van der Waals surface area contributed by atoms with E-state index in [0.717, 1.165) is 5.76 Å². The maximum absolute atomic E-state index is 6.56. The minimum atomic E-state index is -1.88. The summed E-state index contributed by atoms with van der Waals surface area (Å²) in [5, 5.41) is 0.166. The molecule has 1 heterocycles. The van der Waals surface area contributed by atoms with E-state index in [0.29, 0.717) is 6.61 Å². The van der Waals surface area contributed by atoms with Gasteiger partial charge in [0, 0.05) is 7.11 Å². The molecule has 0 saturated carbocycles. The number of methoxy groups -OCH3 is 1. The van der Waals surface area contributed by atoms with Crippen LogP contribution < -0.4 is 0 Å². The van der Waals surface area contributed by atoms with Crippen LogP contribution >= 0.6 is 0 Å². The first-order valence-electron chi connectivity index (χ1n) is 8.51. The van der Waals surface area contributed by atoms with E-state index < -0.39 is 14.1 Å². The maximum atomic E-state index is 6.56. The van der Waals surface area contributed by atoms with E-state index in [1.165, 1.54) is 5.57 Å². The summed E-state index contributed by atoms with van der Waals surface area (Å²) in [7, 11) is -0.123. The fraction of sp³-hybridized carbons (Fsp3) is 0.889. The highest BCUT2D eigenvalue weighted by atomic mass is 28.4. The van der Waals surface area contributed by atoms with Gasteiger partial charge in [-0.25, -0.2) is 0 Å². The van der Waals surface area contributed by atoms with Crippen LogP contribution in [0.5, 0.6) is 0 Å². The van der Waals surface area contributed by atoms with Gasteiger partial charge in [0.05, 0.1) is 18.1 Å². The monoisotopic (exact) mass is 342 g/mol. The molecule has 4 nitrogen and oxygen atoms in total. The van der Waals surface area contributed by atoms with Crippen molar-refractivity contribution in [2.45, 2.75) is 84.6 Å². The molecule has 3 atom stereocenters. The molecule has 0 aromatic carbocycles. The number of ether oxygens (including phenoxy) is 3. The van der Waals surface area contributed by atoms with Gasteiger partial charge in [0.1, 0.15) is 11.9 Å². The maximum Gasteiger partial charge on any atom is 0.250 e. The first kappa shape index (κ1) is 19.0. The van der Waals surface area contributed by atoms with Gasteiger partial charge in [-0.15, -0.1) is 0 Å². The molecule has 1 aliphatic carbocycles. The van der Waals surface area contributed by atoms with Crippen LogP contribution in [0.15, 0.2) is 11.3 Å². The summed E-state index contributed by atoms with van der Waals surface area (Å²) in [5.74, 6) is 0.484. The van der Waals surface area contributed by atoms with Crippen LogP contribution in [0.1, 0.15) is 48.5 Å². The highest BCUT2D eigenvalue weighted by molar-refractivity contribution is 6.74. The predicted octanol–water partition coefficient (Wildman–Crippen LogP) is 4.47. The normalized spacial score (nSPS) is 34.5. The molecule has 0 radical (unpaired) electrons. The second-order valence-corrected chi connectivity index (χ2v) is 13.8. The first-order chi connectivity index (χ1) is 10.3. The molecule has 0 spiro atoms. The number of hydrogen-bond donors (Lipinski definition) is 0. The summed E-state index contributed by atoms with van der Waals surface area (Å²) >= 11 is 0. The van der Waals surface area contributed by atoms with Crippen molar-refractivity contribution in [1.29, 1.82) is 0 Å². The van der Waals surface area contributed by atoms with Gasteiger partial charge >= 0.3 is 0 Å². The van der Waals surface area contributed by atoms with Crippen LogP contribution in [0.4, 0.5) is 0 Å². The number of hydrogen-bond acceptors (Lipinski definition) is 4. The number of rotatable bonds is 4. The van der Waals surface area contributed by atoms with Crippen molar-refractivity contribution in [1.82, 2.24) is 0 Å². The smallest absolute Gasteiger partial charge is 0.250 e. The molecule has 2 rings (SSSR count). The van der Waals surface area contributed by atoms with E-state index in [-0.39, 0.29) is 22.7 Å². The van der Waals surface area contributed by atoms with E-state index in [1.807, 2.05) is 13.8 Å². The third-order valence-electron chi connectivity index (χ3n) is 6.04. The zero-order valence-electron chi connectivity index (χ0n) is 16.5. The van der Waals surface area contributed by atoms with Gasteiger partial charge in [0.15, 0.2) is 5.79 Å². The van der Waals surface area contributed by atoms with E-state index in [4.69, 9.17) is 18.6 Å². The standard InChI is InChI=1S/C18H34O4Si/c1-12-14(22-23(9,10)16(2,3)4)15(19-8)18(12,7)13-11-20-17(5,6)21-13/h13,15H,11H2,1-10H3.